The first-order chi connectivity index (χ1) is 8.54. The molecular weight excluding hydrogens is 312 g/mol. The largest absolute Gasteiger partial charge is 0.469 e. The minimum atomic E-state index is 0.155. The van der Waals surface area contributed by atoms with Gasteiger partial charge in [0.15, 0.2) is 0 Å². The van der Waals surface area contributed by atoms with Crippen LogP contribution in [0.5, 0.6) is 0 Å². The monoisotopic (exact) mass is 326 g/mol. The van der Waals surface area contributed by atoms with Crippen molar-refractivity contribution in [3.8, 4) is 0 Å². The van der Waals surface area contributed by atoms with Gasteiger partial charge in [-0.25, -0.2) is 0 Å². The number of halogens is 2. The van der Waals surface area contributed by atoms with E-state index in [-0.39, 0.29) is 4.83 Å². The molecule has 3 heteroatoms. The van der Waals surface area contributed by atoms with Gasteiger partial charge in [0.25, 0.3) is 0 Å². The predicted octanol–water partition coefficient (Wildman–Crippen LogP) is 5.60. The summed E-state index contributed by atoms with van der Waals surface area (Å²) in [7, 11) is 0. The van der Waals surface area contributed by atoms with E-state index in [4.69, 9.17) is 16.0 Å². The second-order valence-corrected chi connectivity index (χ2v) is 5.80. The molecule has 0 N–H and O–H groups in total. The summed E-state index contributed by atoms with van der Waals surface area (Å²) in [6, 6.07) is 6.19. The molecule has 0 bridgehead atoms. The molecule has 18 heavy (non-hydrogen) atoms. The summed E-state index contributed by atoms with van der Waals surface area (Å²) in [5, 5.41) is 0.818. The lowest BCUT2D eigenvalue weighted by atomic mass is 9.98. The summed E-state index contributed by atoms with van der Waals surface area (Å²) < 4.78 is 5.49. The van der Waals surface area contributed by atoms with Crippen molar-refractivity contribution in [1.29, 1.82) is 0 Å². The first-order valence-electron chi connectivity index (χ1n) is 6.01. The van der Waals surface area contributed by atoms with Crippen molar-refractivity contribution in [2.24, 2.45) is 0 Å². The van der Waals surface area contributed by atoms with Crippen LogP contribution in [0.4, 0.5) is 0 Å². The van der Waals surface area contributed by atoms with Gasteiger partial charge in [0.1, 0.15) is 5.76 Å². The molecule has 0 spiro atoms. The first kappa shape index (κ1) is 13.7. The molecule has 0 aliphatic rings. The van der Waals surface area contributed by atoms with E-state index in [0.717, 1.165) is 22.8 Å². The van der Waals surface area contributed by atoms with E-state index in [9.17, 15) is 0 Å². The Labute approximate surface area is 121 Å². The number of hydrogen-bond donors (Lipinski definition) is 0. The second-order valence-electron chi connectivity index (χ2n) is 4.47. The van der Waals surface area contributed by atoms with E-state index in [1.54, 1.807) is 6.26 Å². The summed E-state index contributed by atoms with van der Waals surface area (Å²) in [6.07, 6.45) is 2.65. The highest BCUT2D eigenvalue weighted by Gasteiger charge is 2.18. The molecule has 1 heterocycles. The number of aryl methyl sites for hydroxylation is 3. The number of benzene rings is 1. The molecule has 0 aliphatic heterocycles. The predicted molar refractivity (Wildman–Crippen MR) is 79.8 cm³/mol. The maximum absolute atomic E-state index is 6.14. The summed E-state index contributed by atoms with van der Waals surface area (Å²) >= 11 is 9.91. The highest BCUT2D eigenvalue weighted by Crippen LogP contribution is 2.37. The molecule has 2 aromatic rings. The lowest BCUT2D eigenvalue weighted by Crippen LogP contribution is -1.98. The average molecular weight is 328 g/mol. The molecule has 1 atom stereocenters. The van der Waals surface area contributed by atoms with Crippen molar-refractivity contribution in [2.75, 3.05) is 0 Å². The van der Waals surface area contributed by atoms with Gasteiger partial charge in [-0.2, -0.15) is 0 Å². The minimum absolute atomic E-state index is 0.155. The first-order valence-corrected chi connectivity index (χ1v) is 7.31. The number of alkyl halides is 1. The zero-order valence-electron chi connectivity index (χ0n) is 10.8. The van der Waals surface area contributed by atoms with Gasteiger partial charge in [-0.1, -0.05) is 40.5 Å². The smallest absolute Gasteiger partial charge is 0.108 e. The van der Waals surface area contributed by atoms with Gasteiger partial charge in [-0.05, 0) is 42.7 Å². The Balaban J connectivity index is 2.46. The van der Waals surface area contributed by atoms with E-state index in [0.29, 0.717) is 0 Å². The van der Waals surface area contributed by atoms with Crippen LogP contribution in [-0.2, 0) is 6.42 Å². The van der Waals surface area contributed by atoms with Crippen molar-refractivity contribution in [3.05, 3.63) is 57.5 Å². The van der Waals surface area contributed by atoms with Crippen molar-refractivity contribution < 1.29 is 4.42 Å². The van der Waals surface area contributed by atoms with Gasteiger partial charge in [0, 0.05) is 17.0 Å². The third-order valence-corrected chi connectivity index (χ3v) is 4.59. The van der Waals surface area contributed by atoms with Crippen LogP contribution in [0.25, 0.3) is 0 Å². The van der Waals surface area contributed by atoms with Crippen LogP contribution in [0.15, 0.2) is 28.9 Å². The van der Waals surface area contributed by atoms with E-state index in [2.05, 4.69) is 35.8 Å². The molecule has 0 aliphatic carbocycles. The maximum atomic E-state index is 6.14. The van der Waals surface area contributed by atoms with Gasteiger partial charge < -0.3 is 4.42 Å². The fourth-order valence-electron chi connectivity index (χ4n) is 2.11. The molecule has 2 rings (SSSR count). The third kappa shape index (κ3) is 2.50. The Morgan fingerprint density at radius 3 is 2.61 bits per heavy atom. The lowest BCUT2D eigenvalue weighted by molar-refractivity contribution is 0.512. The normalized spacial score (nSPS) is 12.7. The fraction of sp³-hybridized carbons (Fsp3) is 0.333. The minimum Gasteiger partial charge on any atom is -0.469 e. The molecule has 1 unspecified atom stereocenters. The molecule has 96 valence electrons. The van der Waals surface area contributed by atoms with Gasteiger partial charge in [-0.15, -0.1) is 0 Å². The van der Waals surface area contributed by atoms with Crippen LogP contribution in [0, 0.1) is 13.8 Å². The number of rotatable bonds is 3. The van der Waals surface area contributed by atoms with Crippen LogP contribution in [-0.4, -0.2) is 0 Å². The highest BCUT2D eigenvalue weighted by molar-refractivity contribution is 9.09. The fourth-order valence-corrected chi connectivity index (χ4v) is 3.23. The molecular formula is C15H16BrClO. The van der Waals surface area contributed by atoms with Crippen molar-refractivity contribution in [1.82, 2.24) is 0 Å². The summed E-state index contributed by atoms with van der Waals surface area (Å²) in [5.41, 5.74) is 4.73. The van der Waals surface area contributed by atoms with Crippen molar-refractivity contribution in [3.63, 3.8) is 0 Å². The van der Waals surface area contributed by atoms with E-state index < -0.39 is 0 Å². The SMILES string of the molecule is CCc1occc1C(Br)c1cc(C)c(Cl)cc1C. The molecule has 0 saturated carbocycles. The zero-order chi connectivity index (χ0) is 13.3. The summed E-state index contributed by atoms with van der Waals surface area (Å²) in [5.74, 6) is 1.03. The zero-order valence-corrected chi connectivity index (χ0v) is 13.1. The van der Waals surface area contributed by atoms with Crippen molar-refractivity contribution in [2.45, 2.75) is 32.0 Å². The van der Waals surface area contributed by atoms with Crippen LogP contribution in [0.1, 0.15) is 39.8 Å². The topological polar surface area (TPSA) is 13.1 Å². The third-order valence-electron chi connectivity index (χ3n) is 3.19. The molecule has 0 amide bonds. The lowest BCUT2D eigenvalue weighted by Gasteiger charge is -2.15. The quantitative estimate of drug-likeness (QED) is 0.669. The number of hydrogen-bond acceptors (Lipinski definition) is 1. The summed E-state index contributed by atoms with van der Waals surface area (Å²) in [6.45, 7) is 6.21. The molecule has 1 aromatic carbocycles. The second kappa shape index (κ2) is 5.50. The number of furan rings is 1. The summed E-state index contributed by atoms with van der Waals surface area (Å²) in [4.78, 5) is 0.155. The van der Waals surface area contributed by atoms with Crippen LogP contribution in [0.2, 0.25) is 5.02 Å². The molecule has 0 radical (unpaired) electrons. The standard InChI is InChI=1S/C15H16BrClO/c1-4-14-11(5-6-18-14)15(16)12-7-10(3)13(17)8-9(12)2/h5-8,15H,4H2,1-3H3. The molecule has 1 aromatic heterocycles. The Kier molecular flexibility index (Phi) is 4.18. The van der Waals surface area contributed by atoms with Gasteiger partial charge in [0.05, 0.1) is 11.1 Å². The van der Waals surface area contributed by atoms with Crippen LogP contribution >= 0.6 is 27.5 Å². The van der Waals surface area contributed by atoms with E-state index in [1.807, 2.05) is 19.1 Å². The highest BCUT2D eigenvalue weighted by atomic mass is 79.9. The van der Waals surface area contributed by atoms with Crippen molar-refractivity contribution >= 4 is 27.5 Å². The van der Waals surface area contributed by atoms with E-state index in [1.165, 1.54) is 16.7 Å². The Hall–Kier alpha value is -0.730. The van der Waals surface area contributed by atoms with Gasteiger partial charge in [-0.3, -0.25) is 0 Å². The Morgan fingerprint density at radius 2 is 1.94 bits per heavy atom. The van der Waals surface area contributed by atoms with Crippen LogP contribution in [0.3, 0.4) is 0 Å². The average Bonchev–Trinajstić information content (AvgIpc) is 2.81. The molecule has 0 saturated heterocycles. The Morgan fingerprint density at radius 1 is 1.22 bits per heavy atom. The van der Waals surface area contributed by atoms with Gasteiger partial charge in [0.2, 0.25) is 0 Å². The molecule has 1 nitrogen and oxygen atoms in total. The van der Waals surface area contributed by atoms with E-state index >= 15 is 0 Å². The maximum Gasteiger partial charge on any atom is 0.108 e. The van der Waals surface area contributed by atoms with Gasteiger partial charge >= 0.3 is 0 Å². The molecule has 0 fully saturated rings. The van der Waals surface area contributed by atoms with Crippen LogP contribution < -0.4 is 0 Å². The Bertz CT molecular complexity index is 560.